The van der Waals surface area contributed by atoms with E-state index < -0.39 is 18.0 Å². The summed E-state index contributed by atoms with van der Waals surface area (Å²) in [6, 6.07) is 10.9. The number of carbonyl (C=O) groups is 2. The first-order valence-corrected chi connectivity index (χ1v) is 9.50. The number of benzene rings is 2. The molecule has 0 saturated heterocycles. The first kappa shape index (κ1) is 22.8. The highest BCUT2D eigenvalue weighted by molar-refractivity contribution is 5.96. The largest absolute Gasteiger partial charge is 0.493 e. The van der Waals surface area contributed by atoms with Crippen molar-refractivity contribution in [2.75, 3.05) is 26.6 Å². The topological polar surface area (TPSA) is 83.1 Å². The monoisotopic (exact) mass is 413 g/mol. The second kappa shape index (κ2) is 10.9. The van der Waals surface area contributed by atoms with Gasteiger partial charge >= 0.3 is 5.97 Å². The summed E-state index contributed by atoms with van der Waals surface area (Å²) in [6.45, 7) is 3.57. The maximum atomic E-state index is 12.3. The standard InChI is InChI=1S/C23H27NO6/c1-6-16-7-10-18(11-8-16)24-23(26)15(2)30-21(25)12-9-17-13-19(27-3)22(29-5)20(14-17)28-4/h7-15H,6H2,1-5H3,(H,24,26)/b12-9+. The van der Waals surface area contributed by atoms with E-state index in [2.05, 4.69) is 12.2 Å². The van der Waals surface area contributed by atoms with Crippen LogP contribution in [0.2, 0.25) is 0 Å². The molecule has 1 unspecified atom stereocenters. The van der Waals surface area contributed by atoms with Crippen molar-refractivity contribution in [3.05, 3.63) is 53.6 Å². The van der Waals surface area contributed by atoms with Crippen LogP contribution >= 0.6 is 0 Å². The van der Waals surface area contributed by atoms with Crippen molar-refractivity contribution in [1.29, 1.82) is 0 Å². The fourth-order valence-corrected chi connectivity index (χ4v) is 2.70. The zero-order valence-corrected chi connectivity index (χ0v) is 17.9. The Morgan fingerprint density at radius 1 is 1.00 bits per heavy atom. The number of esters is 1. The van der Waals surface area contributed by atoms with Gasteiger partial charge in [-0.25, -0.2) is 4.79 Å². The molecule has 1 atom stereocenters. The number of ether oxygens (including phenoxy) is 4. The van der Waals surface area contributed by atoms with Gasteiger partial charge in [0.05, 0.1) is 21.3 Å². The third-order valence-electron chi connectivity index (χ3n) is 4.39. The van der Waals surface area contributed by atoms with E-state index in [1.54, 1.807) is 18.2 Å². The van der Waals surface area contributed by atoms with E-state index in [1.807, 2.05) is 24.3 Å². The predicted molar refractivity (Wildman–Crippen MR) is 115 cm³/mol. The van der Waals surface area contributed by atoms with Crippen molar-refractivity contribution >= 4 is 23.6 Å². The molecule has 160 valence electrons. The molecule has 0 bridgehead atoms. The summed E-state index contributed by atoms with van der Waals surface area (Å²) < 4.78 is 21.0. The third-order valence-corrected chi connectivity index (χ3v) is 4.39. The minimum Gasteiger partial charge on any atom is -0.493 e. The molecule has 0 aliphatic carbocycles. The summed E-state index contributed by atoms with van der Waals surface area (Å²) in [7, 11) is 4.53. The molecular formula is C23H27NO6. The van der Waals surface area contributed by atoms with Crippen molar-refractivity contribution in [3.63, 3.8) is 0 Å². The number of anilines is 1. The summed E-state index contributed by atoms with van der Waals surface area (Å²) in [6.07, 6.45) is 2.75. The highest BCUT2D eigenvalue weighted by Crippen LogP contribution is 2.38. The SMILES string of the molecule is CCc1ccc(NC(=O)C(C)OC(=O)/C=C/c2cc(OC)c(OC)c(OC)c2)cc1. The van der Waals surface area contributed by atoms with Crippen molar-refractivity contribution in [3.8, 4) is 17.2 Å². The lowest BCUT2D eigenvalue weighted by molar-refractivity contribution is -0.148. The number of hydrogen-bond acceptors (Lipinski definition) is 6. The summed E-state index contributed by atoms with van der Waals surface area (Å²) in [5.74, 6) is 0.330. The molecule has 0 fully saturated rings. The van der Waals surface area contributed by atoms with Gasteiger partial charge in [0.25, 0.3) is 5.91 Å². The van der Waals surface area contributed by atoms with Crippen LogP contribution in [0.3, 0.4) is 0 Å². The Labute approximate surface area is 176 Å². The van der Waals surface area contributed by atoms with Crippen molar-refractivity contribution in [1.82, 2.24) is 0 Å². The van der Waals surface area contributed by atoms with Crippen LogP contribution in [0.1, 0.15) is 25.0 Å². The molecule has 7 heteroatoms. The predicted octanol–water partition coefficient (Wildman–Crippen LogP) is 3.86. The highest BCUT2D eigenvalue weighted by atomic mass is 16.5. The van der Waals surface area contributed by atoms with Crippen LogP contribution in [-0.2, 0) is 20.7 Å². The Hall–Kier alpha value is -3.48. The first-order chi connectivity index (χ1) is 14.4. The lowest BCUT2D eigenvalue weighted by Gasteiger charge is -2.13. The summed E-state index contributed by atoms with van der Waals surface area (Å²) >= 11 is 0. The zero-order chi connectivity index (χ0) is 22.1. The number of nitrogens with one attached hydrogen (secondary N) is 1. The molecule has 1 N–H and O–H groups in total. The molecule has 2 aromatic rings. The van der Waals surface area contributed by atoms with Crippen LogP contribution in [0.4, 0.5) is 5.69 Å². The Balaban J connectivity index is 2.00. The van der Waals surface area contributed by atoms with Crippen LogP contribution in [0.25, 0.3) is 6.08 Å². The molecule has 0 aliphatic heterocycles. The molecule has 1 amide bonds. The number of hydrogen-bond donors (Lipinski definition) is 1. The van der Waals surface area contributed by atoms with Gasteiger partial charge in [-0.3, -0.25) is 4.79 Å². The second-order valence-corrected chi connectivity index (χ2v) is 6.41. The van der Waals surface area contributed by atoms with Gasteiger partial charge in [0.15, 0.2) is 17.6 Å². The van der Waals surface area contributed by atoms with E-state index in [4.69, 9.17) is 18.9 Å². The minimum absolute atomic E-state index is 0.409. The number of aryl methyl sites for hydroxylation is 1. The number of methoxy groups -OCH3 is 3. The molecule has 2 rings (SSSR count). The van der Waals surface area contributed by atoms with Gasteiger partial charge in [-0.15, -0.1) is 0 Å². The minimum atomic E-state index is -0.951. The molecule has 0 spiro atoms. The molecule has 7 nitrogen and oxygen atoms in total. The molecule has 30 heavy (non-hydrogen) atoms. The Morgan fingerprint density at radius 2 is 1.60 bits per heavy atom. The van der Waals surface area contributed by atoms with E-state index in [-0.39, 0.29) is 0 Å². The van der Waals surface area contributed by atoms with Gasteiger partial charge < -0.3 is 24.3 Å². The van der Waals surface area contributed by atoms with E-state index in [9.17, 15) is 9.59 Å². The summed E-state index contributed by atoms with van der Waals surface area (Å²) in [5, 5.41) is 2.73. The molecule has 0 aliphatic rings. The molecular weight excluding hydrogens is 386 g/mol. The normalized spacial score (nSPS) is 11.6. The summed E-state index contributed by atoms with van der Waals surface area (Å²) in [5.41, 5.74) is 2.46. The van der Waals surface area contributed by atoms with Crippen LogP contribution in [0, 0.1) is 0 Å². The molecule has 0 radical (unpaired) electrons. The fourth-order valence-electron chi connectivity index (χ4n) is 2.70. The van der Waals surface area contributed by atoms with Crippen LogP contribution in [0.15, 0.2) is 42.5 Å². The van der Waals surface area contributed by atoms with Gasteiger partial charge in [-0.1, -0.05) is 19.1 Å². The number of rotatable bonds is 9. The number of amides is 1. The van der Waals surface area contributed by atoms with Gasteiger partial charge in [0.2, 0.25) is 5.75 Å². The Morgan fingerprint density at radius 3 is 2.10 bits per heavy atom. The quantitative estimate of drug-likeness (QED) is 0.497. The van der Waals surface area contributed by atoms with E-state index in [1.165, 1.54) is 39.9 Å². The molecule has 0 aromatic heterocycles. The van der Waals surface area contributed by atoms with Crippen molar-refractivity contribution in [2.45, 2.75) is 26.4 Å². The van der Waals surface area contributed by atoms with Crippen LogP contribution < -0.4 is 19.5 Å². The maximum Gasteiger partial charge on any atom is 0.331 e. The third kappa shape index (κ3) is 6.01. The molecule has 0 heterocycles. The average molecular weight is 413 g/mol. The maximum absolute atomic E-state index is 12.3. The molecule has 0 saturated carbocycles. The van der Waals surface area contributed by atoms with E-state index in [0.717, 1.165) is 6.42 Å². The van der Waals surface area contributed by atoms with Gasteiger partial charge in [0.1, 0.15) is 0 Å². The Kier molecular flexibility index (Phi) is 8.29. The fraction of sp³-hybridized carbons (Fsp3) is 0.304. The van der Waals surface area contributed by atoms with Gasteiger partial charge in [-0.2, -0.15) is 0 Å². The average Bonchev–Trinajstić information content (AvgIpc) is 2.77. The van der Waals surface area contributed by atoms with E-state index >= 15 is 0 Å². The lowest BCUT2D eigenvalue weighted by atomic mass is 10.1. The van der Waals surface area contributed by atoms with Gasteiger partial charge in [0, 0.05) is 11.8 Å². The summed E-state index contributed by atoms with van der Waals surface area (Å²) in [4.78, 5) is 24.4. The first-order valence-electron chi connectivity index (χ1n) is 9.50. The second-order valence-electron chi connectivity index (χ2n) is 6.41. The van der Waals surface area contributed by atoms with Gasteiger partial charge in [-0.05, 0) is 54.8 Å². The van der Waals surface area contributed by atoms with Crippen LogP contribution in [0.5, 0.6) is 17.2 Å². The van der Waals surface area contributed by atoms with Crippen LogP contribution in [-0.4, -0.2) is 39.3 Å². The highest BCUT2D eigenvalue weighted by Gasteiger charge is 2.17. The number of carbonyl (C=O) groups excluding carboxylic acids is 2. The van der Waals surface area contributed by atoms with Crippen molar-refractivity contribution in [2.24, 2.45) is 0 Å². The lowest BCUT2D eigenvalue weighted by Crippen LogP contribution is -2.29. The smallest absolute Gasteiger partial charge is 0.331 e. The Bertz CT molecular complexity index is 879. The molecule has 2 aromatic carbocycles. The van der Waals surface area contributed by atoms with E-state index in [0.29, 0.717) is 28.5 Å². The zero-order valence-electron chi connectivity index (χ0n) is 17.9. The van der Waals surface area contributed by atoms with Crippen molar-refractivity contribution < 1.29 is 28.5 Å².